The lowest BCUT2D eigenvalue weighted by Crippen LogP contribution is -2.40. The number of morpholine rings is 1. The second kappa shape index (κ2) is 8.26. The van der Waals surface area contributed by atoms with Crippen LogP contribution in [0.2, 0.25) is 0 Å². The molecule has 9 heteroatoms. The summed E-state index contributed by atoms with van der Waals surface area (Å²) in [6.07, 6.45) is 0.717. The molecule has 1 fully saturated rings. The van der Waals surface area contributed by atoms with E-state index in [1.807, 2.05) is 20.8 Å². The quantitative estimate of drug-likeness (QED) is 0.820. The van der Waals surface area contributed by atoms with Crippen LogP contribution in [0, 0.1) is 0 Å². The van der Waals surface area contributed by atoms with Crippen LogP contribution in [0.15, 0.2) is 0 Å². The number of hydrogen-bond acceptors (Lipinski definition) is 6. The predicted molar refractivity (Wildman–Crippen MR) is 99.4 cm³/mol. The fraction of sp³-hybridized carbons (Fsp3) is 0.722. The maximum Gasteiger partial charge on any atom is 0.410 e. The van der Waals surface area contributed by atoms with E-state index < -0.39 is 5.60 Å². The van der Waals surface area contributed by atoms with Crippen molar-refractivity contribution in [1.29, 1.82) is 0 Å². The normalized spacial score (nSPS) is 18.1. The first-order valence-electron chi connectivity index (χ1n) is 9.46. The van der Waals surface area contributed by atoms with Gasteiger partial charge in [0.1, 0.15) is 5.60 Å². The maximum absolute atomic E-state index is 12.3. The fourth-order valence-corrected chi connectivity index (χ4v) is 3.18. The molecule has 2 N–H and O–H groups in total. The number of nitrogens with zero attached hydrogens (tertiary/aromatic N) is 3. The van der Waals surface area contributed by atoms with Crippen molar-refractivity contribution in [2.45, 2.75) is 45.8 Å². The van der Waals surface area contributed by atoms with Gasteiger partial charge in [0, 0.05) is 38.2 Å². The average molecular weight is 379 g/mol. The van der Waals surface area contributed by atoms with E-state index in [2.05, 4.69) is 20.4 Å². The van der Waals surface area contributed by atoms with E-state index in [9.17, 15) is 9.59 Å². The first-order chi connectivity index (χ1) is 12.8. The highest BCUT2D eigenvalue weighted by Gasteiger charge is 2.28. The third-order valence-corrected chi connectivity index (χ3v) is 4.60. The molecule has 0 spiro atoms. The van der Waals surface area contributed by atoms with Crippen LogP contribution < -0.4 is 5.32 Å². The molecule has 0 aromatic carbocycles. The Morgan fingerprint density at radius 2 is 2.00 bits per heavy atom. The highest BCUT2D eigenvalue weighted by molar-refractivity contribution is 5.90. The summed E-state index contributed by atoms with van der Waals surface area (Å²) in [6, 6.07) is 0. The van der Waals surface area contributed by atoms with Gasteiger partial charge in [-0.15, -0.1) is 0 Å². The number of fused-ring (bicyclic) bond motifs is 1. The van der Waals surface area contributed by atoms with Crippen LogP contribution in [-0.4, -0.2) is 77.0 Å². The Morgan fingerprint density at radius 1 is 1.26 bits per heavy atom. The molecule has 9 nitrogen and oxygen atoms in total. The number of aromatic amines is 1. The van der Waals surface area contributed by atoms with Gasteiger partial charge in [0.25, 0.3) is 0 Å². The van der Waals surface area contributed by atoms with Gasteiger partial charge >= 0.3 is 6.09 Å². The number of hydrogen-bond donors (Lipinski definition) is 2. The highest BCUT2D eigenvalue weighted by Crippen LogP contribution is 2.25. The van der Waals surface area contributed by atoms with E-state index in [0.717, 1.165) is 37.6 Å². The molecular weight excluding hydrogens is 350 g/mol. The molecule has 2 aliphatic heterocycles. The Bertz CT molecular complexity index is 676. The largest absolute Gasteiger partial charge is 0.444 e. The summed E-state index contributed by atoms with van der Waals surface area (Å²) in [5.74, 6) is 0.520. The average Bonchev–Trinajstić information content (AvgIpc) is 3.01. The molecule has 27 heavy (non-hydrogen) atoms. The highest BCUT2D eigenvalue weighted by atomic mass is 16.6. The summed E-state index contributed by atoms with van der Waals surface area (Å²) >= 11 is 0. The van der Waals surface area contributed by atoms with Crippen molar-refractivity contribution in [3.8, 4) is 0 Å². The number of amides is 2. The Labute approximate surface area is 159 Å². The molecule has 0 saturated carbocycles. The number of ether oxygens (including phenoxy) is 2. The second-order valence-corrected chi connectivity index (χ2v) is 7.93. The third-order valence-electron chi connectivity index (χ3n) is 4.60. The molecule has 2 aliphatic rings. The van der Waals surface area contributed by atoms with Gasteiger partial charge in [0.15, 0.2) is 5.82 Å². The van der Waals surface area contributed by atoms with Crippen LogP contribution in [0.4, 0.5) is 10.6 Å². The van der Waals surface area contributed by atoms with E-state index in [0.29, 0.717) is 38.3 Å². The summed E-state index contributed by atoms with van der Waals surface area (Å²) in [5.41, 5.74) is 1.29. The summed E-state index contributed by atoms with van der Waals surface area (Å²) in [5, 5.41) is 10.1. The van der Waals surface area contributed by atoms with Crippen molar-refractivity contribution in [3.63, 3.8) is 0 Å². The van der Waals surface area contributed by atoms with Gasteiger partial charge < -0.3 is 19.7 Å². The van der Waals surface area contributed by atoms with Gasteiger partial charge in [0.2, 0.25) is 5.91 Å². The monoisotopic (exact) mass is 379 g/mol. The van der Waals surface area contributed by atoms with E-state index in [-0.39, 0.29) is 12.0 Å². The van der Waals surface area contributed by atoms with Crippen LogP contribution in [-0.2, 0) is 27.2 Å². The van der Waals surface area contributed by atoms with Crippen molar-refractivity contribution in [3.05, 3.63) is 11.3 Å². The second-order valence-electron chi connectivity index (χ2n) is 7.93. The number of rotatable bonds is 4. The number of anilines is 1. The molecule has 0 unspecified atom stereocenters. The van der Waals surface area contributed by atoms with E-state index in [1.54, 1.807) is 4.90 Å². The number of nitrogens with one attached hydrogen (secondary N) is 2. The fourth-order valence-electron chi connectivity index (χ4n) is 3.18. The molecule has 1 aromatic heterocycles. The minimum atomic E-state index is -0.523. The summed E-state index contributed by atoms with van der Waals surface area (Å²) in [4.78, 5) is 28.4. The molecule has 1 saturated heterocycles. The topological polar surface area (TPSA) is 99.8 Å². The molecule has 150 valence electrons. The minimum Gasteiger partial charge on any atom is -0.444 e. The predicted octanol–water partition coefficient (Wildman–Crippen LogP) is 1.36. The number of H-pyrrole nitrogens is 1. The Morgan fingerprint density at radius 3 is 2.70 bits per heavy atom. The maximum atomic E-state index is 12.3. The molecule has 0 radical (unpaired) electrons. The zero-order valence-electron chi connectivity index (χ0n) is 16.3. The third kappa shape index (κ3) is 5.43. The molecule has 0 atom stereocenters. The Balaban J connectivity index is 1.51. The van der Waals surface area contributed by atoms with E-state index in [1.165, 1.54) is 0 Å². The molecular formula is C18H29N5O4. The van der Waals surface area contributed by atoms with Gasteiger partial charge in [0.05, 0.1) is 25.5 Å². The lowest BCUT2D eigenvalue weighted by Gasteiger charge is -2.29. The molecule has 3 heterocycles. The van der Waals surface area contributed by atoms with Gasteiger partial charge in [-0.05, 0) is 27.2 Å². The summed E-state index contributed by atoms with van der Waals surface area (Å²) in [7, 11) is 0. The van der Waals surface area contributed by atoms with Gasteiger partial charge in [-0.3, -0.25) is 14.8 Å². The zero-order chi connectivity index (χ0) is 19.4. The van der Waals surface area contributed by atoms with Gasteiger partial charge in [-0.2, -0.15) is 5.10 Å². The SMILES string of the molecule is CC(C)(C)OC(=O)N1CCc2c(NC(=O)CCN3CCOCC3)n[nH]c2C1. The van der Waals surface area contributed by atoms with Crippen molar-refractivity contribution in [1.82, 2.24) is 20.0 Å². The van der Waals surface area contributed by atoms with Crippen molar-refractivity contribution < 1.29 is 19.1 Å². The lowest BCUT2D eigenvalue weighted by molar-refractivity contribution is -0.116. The summed E-state index contributed by atoms with van der Waals surface area (Å²) < 4.78 is 10.7. The molecule has 0 aliphatic carbocycles. The van der Waals surface area contributed by atoms with Crippen LogP contribution >= 0.6 is 0 Å². The van der Waals surface area contributed by atoms with Crippen molar-refractivity contribution in [2.24, 2.45) is 0 Å². The van der Waals surface area contributed by atoms with E-state index >= 15 is 0 Å². The standard InChI is InChI=1S/C18H29N5O4/c1-18(2,3)27-17(25)23-7-4-13-14(12-23)20-21-16(13)19-15(24)5-6-22-8-10-26-11-9-22/h4-12H2,1-3H3,(H2,19,20,21,24). The number of aromatic nitrogens is 2. The molecule has 0 bridgehead atoms. The Hall–Kier alpha value is -2.13. The number of carbonyl (C=O) groups is 2. The van der Waals surface area contributed by atoms with Crippen molar-refractivity contribution >= 4 is 17.8 Å². The zero-order valence-corrected chi connectivity index (χ0v) is 16.3. The van der Waals surface area contributed by atoms with Gasteiger partial charge in [-0.1, -0.05) is 0 Å². The van der Waals surface area contributed by atoms with Crippen LogP contribution in [0.1, 0.15) is 38.4 Å². The molecule has 2 amide bonds. The Kier molecular flexibility index (Phi) is 6.01. The first kappa shape index (κ1) is 19.6. The van der Waals surface area contributed by atoms with Gasteiger partial charge in [-0.25, -0.2) is 4.79 Å². The summed E-state index contributed by atoms with van der Waals surface area (Å²) in [6.45, 7) is 10.4. The smallest absolute Gasteiger partial charge is 0.410 e. The van der Waals surface area contributed by atoms with E-state index in [4.69, 9.17) is 9.47 Å². The first-order valence-corrected chi connectivity index (χ1v) is 9.46. The molecule has 3 rings (SSSR count). The molecule has 1 aromatic rings. The van der Waals surface area contributed by atoms with Crippen LogP contribution in [0.3, 0.4) is 0 Å². The lowest BCUT2D eigenvalue weighted by atomic mass is 10.1. The number of carbonyl (C=O) groups excluding carboxylic acids is 2. The van der Waals surface area contributed by atoms with Crippen LogP contribution in [0.25, 0.3) is 0 Å². The van der Waals surface area contributed by atoms with Crippen LogP contribution in [0.5, 0.6) is 0 Å². The van der Waals surface area contributed by atoms with Crippen molar-refractivity contribution in [2.75, 3.05) is 44.7 Å². The minimum absolute atomic E-state index is 0.0506.